The van der Waals surface area contributed by atoms with Crippen molar-refractivity contribution in [1.82, 2.24) is 10.6 Å². The zero-order chi connectivity index (χ0) is 25.1. The van der Waals surface area contributed by atoms with Crippen LogP contribution in [0.3, 0.4) is 0 Å². The van der Waals surface area contributed by atoms with Crippen molar-refractivity contribution in [3.05, 3.63) is 96.1 Å². The predicted molar refractivity (Wildman–Crippen MR) is 136 cm³/mol. The fourth-order valence-electron chi connectivity index (χ4n) is 3.69. The van der Waals surface area contributed by atoms with Gasteiger partial charge < -0.3 is 20.5 Å². The van der Waals surface area contributed by atoms with Crippen molar-refractivity contribution < 1.29 is 23.1 Å². The van der Waals surface area contributed by atoms with Crippen LogP contribution in [0.2, 0.25) is 0 Å². The van der Waals surface area contributed by atoms with Crippen molar-refractivity contribution in [3.63, 3.8) is 0 Å². The monoisotopic (exact) mass is 496 g/mol. The van der Waals surface area contributed by atoms with Crippen molar-refractivity contribution >= 4 is 15.7 Å². The first kappa shape index (κ1) is 26.4. The summed E-state index contributed by atoms with van der Waals surface area (Å²) in [5.41, 5.74) is 1.97. The summed E-state index contributed by atoms with van der Waals surface area (Å²) in [7, 11) is -1.96. The smallest absolute Gasteiger partial charge is 0.221 e. The summed E-state index contributed by atoms with van der Waals surface area (Å²) >= 11 is 0. The molecule has 7 nitrogen and oxygen atoms in total. The molecule has 0 aliphatic heterocycles. The molecule has 3 rings (SSSR count). The van der Waals surface area contributed by atoms with E-state index in [1.165, 1.54) is 12.1 Å². The normalized spacial score (nSPS) is 13.1. The standard InChI is InChI=1S/C27H32N2O5S/c1-34-23-12-8-11-22(17-23)19-28-20-26(30)25(18-21-9-4-2-5-10-21)29-27(31)15-16-35(32,33)24-13-6-3-7-14-24/h2-14,17,25-26,28,30H,15-16,18-20H2,1H3,(H,29,31). The number of carbonyl (C=O) groups excluding carboxylic acids is 1. The number of amides is 1. The molecule has 0 bridgehead atoms. The van der Waals surface area contributed by atoms with E-state index in [9.17, 15) is 18.3 Å². The van der Waals surface area contributed by atoms with Gasteiger partial charge in [0.1, 0.15) is 5.75 Å². The average Bonchev–Trinajstić information content (AvgIpc) is 2.88. The molecule has 0 saturated carbocycles. The Morgan fingerprint density at radius 1 is 0.943 bits per heavy atom. The lowest BCUT2D eigenvalue weighted by molar-refractivity contribution is -0.122. The molecular weight excluding hydrogens is 464 g/mol. The first-order valence-electron chi connectivity index (χ1n) is 11.5. The number of hydrogen-bond donors (Lipinski definition) is 3. The summed E-state index contributed by atoms with van der Waals surface area (Å²) < 4.78 is 30.3. The summed E-state index contributed by atoms with van der Waals surface area (Å²) in [5.74, 6) is 0.0345. The fourth-order valence-corrected chi connectivity index (χ4v) is 4.95. The zero-order valence-electron chi connectivity index (χ0n) is 19.8. The molecule has 0 aliphatic carbocycles. The SMILES string of the molecule is COc1cccc(CNCC(O)C(Cc2ccccc2)NC(=O)CCS(=O)(=O)c2ccccc2)c1. The minimum atomic E-state index is -3.57. The van der Waals surface area contributed by atoms with E-state index in [1.807, 2.05) is 54.6 Å². The van der Waals surface area contributed by atoms with Gasteiger partial charge in [0.2, 0.25) is 5.91 Å². The third kappa shape index (κ3) is 8.51. The summed E-state index contributed by atoms with van der Waals surface area (Å²) in [5, 5.41) is 16.9. The molecule has 35 heavy (non-hydrogen) atoms. The Morgan fingerprint density at radius 2 is 1.60 bits per heavy atom. The molecule has 0 fully saturated rings. The molecule has 0 saturated heterocycles. The van der Waals surface area contributed by atoms with Gasteiger partial charge in [0.05, 0.1) is 29.9 Å². The van der Waals surface area contributed by atoms with Crippen LogP contribution in [0.4, 0.5) is 0 Å². The molecule has 0 radical (unpaired) electrons. The minimum Gasteiger partial charge on any atom is -0.497 e. The maximum absolute atomic E-state index is 12.7. The number of aliphatic hydroxyl groups excluding tert-OH is 1. The molecule has 0 heterocycles. The summed E-state index contributed by atoms with van der Waals surface area (Å²) in [4.78, 5) is 12.9. The Morgan fingerprint density at radius 3 is 2.29 bits per heavy atom. The Kier molecular flexibility index (Phi) is 9.84. The lowest BCUT2D eigenvalue weighted by atomic mass is 10.0. The second-order valence-electron chi connectivity index (χ2n) is 8.30. The van der Waals surface area contributed by atoms with Crippen LogP contribution >= 0.6 is 0 Å². The number of methoxy groups -OCH3 is 1. The molecule has 3 N–H and O–H groups in total. The van der Waals surface area contributed by atoms with Gasteiger partial charge in [0.25, 0.3) is 0 Å². The molecule has 2 atom stereocenters. The maximum Gasteiger partial charge on any atom is 0.221 e. The highest BCUT2D eigenvalue weighted by Crippen LogP contribution is 2.13. The van der Waals surface area contributed by atoms with Crippen LogP contribution in [-0.4, -0.2) is 51.0 Å². The summed E-state index contributed by atoms with van der Waals surface area (Å²) in [6, 6.07) is 24.7. The van der Waals surface area contributed by atoms with Gasteiger partial charge in [0, 0.05) is 19.5 Å². The number of carbonyl (C=O) groups is 1. The van der Waals surface area contributed by atoms with Gasteiger partial charge in [-0.1, -0.05) is 60.7 Å². The van der Waals surface area contributed by atoms with Crippen molar-refractivity contribution in [2.24, 2.45) is 0 Å². The predicted octanol–water partition coefficient (Wildman–Crippen LogP) is 2.74. The maximum atomic E-state index is 12.7. The fraction of sp³-hybridized carbons (Fsp3) is 0.296. The molecule has 0 aliphatic rings. The molecule has 2 unspecified atom stereocenters. The Bertz CT molecular complexity index is 1170. The van der Waals surface area contributed by atoms with Crippen molar-refractivity contribution in [2.75, 3.05) is 19.4 Å². The van der Waals surface area contributed by atoms with Crippen LogP contribution in [-0.2, 0) is 27.6 Å². The van der Waals surface area contributed by atoms with Crippen molar-refractivity contribution in [3.8, 4) is 5.75 Å². The second-order valence-corrected chi connectivity index (χ2v) is 10.4. The molecule has 1 amide bonds. The lowest BCUT2D eigenvalue weighted by Crippen LogP contribution is -2.48. The average molecular weight is 497 g/mol. The number of hydrogen-bond acceptors (Lipinski definition) is 6. The van der Waals surface area contributed by atoms with Gasteiger partial charge in [-0.2, -0.15) is 0 Å². The molecule has 8 heteroatoms. The lowest BCUT2D eigenvalue weighted by Gasteiger charge is -2.25. The quantitative estimate of drug-likeness (QED) is 0.336. The van der Waals surface area contributed by atoms with Gasteiger partial charge in [0.15, 0.2) is 9.84 Å². The van der Waals surface area contributed by atoms with Crippen LogP contribution in [0.5, 0.6) is 5.75 Å². The Balaban J connectivity index is 1.59. The minimum absolute atomic E-state index is 0.188. The van der Waals surface area contributed by atoms with Crippen LogP contribution in [0, 0.1) is 0 Å². The molecule has 3 aromatic rings. The van der Waals surface area contributed by atoms with Gasteiger partial charge in [-0.3, -0.25) is 4.79 Å². The van der Waals surface area contributed by atoms with Crippen molar-refractivity contribution in [1.29, 1.82) is 0 Å². The van der Waals surface area contributed by atoms with E-state index in [1.54, 1.807) is 25.3 Å². The number of benzene rings is 3. The topological polar surface area (TPSA) is 105 Å². The summed E-state index contributed by atoms with van der Waals surface area (Å²) in [6.45, 7) is 0.771. The Hall–Kier alpha value is -3.20. The van der Waals surface area contributed by atoms with E-state index in [4.69, 9.17) is 4.74 Å². The van der Waals surface area contributed by atoms with E-state index in [-0.39, 0.29) is 23.6 Å². The van der Waals surface area contributed by atoms with E-state index >= 15 is 0 Å². The van der Waals surface area contributed by atoms with Crippen LogP contribution < -0.4 is 15.4 Å². The largest absolute Gasteiger partial charge is 0.497 e. The van der Waals surface area contributed by atoms with Gasteiger partial charge in [-0.05, 0) is 41.8 Å². The number of rotatable bonds is 13. The molecule has 186 valence electrons. The molecule has 3 aromatic carbocycles. The Labute approximate surface area is 207 Å². The number of aliphatic hydroxyl groups is 1. The van der Waals surface area contributed by atoms with E-state index < -0.39 is 27.9 Å². The third-order valence-electron chi connectivity index (χ3n) is 5.63. The highest BCUT2D eigenvalue weighted by molar-refractivity contribution is 7.91. The van der Waals surface area contributed by atoms with Crippen LogP contribution in [0.1, 0.15) is 17.5 Å². The zero-order valence-corrected chi connectivity index (χ0v) is 20.6. The molecule has 0 aromatic heterocycles. The third-order valence-corrected chi connectivity index (χ3v) is 7.36. The van der Waals surface area contributed by atoms with Gasteiger partial charge in [-0.25, -0.2) is 8.42 Å². The van der Waals surface area contributed by atoms with E-state index in [2.05, 4.69) is 10.6 Å². The highest BCUT2D eigenvalue weighted by atomic mass is 32.2. The first-order chi connectivity index (χ1) is 16.9. The van der Waals surface area contributed by atoms with E-state index in [0.29, 0.717) is 13.0 Å². The summed E-state index contributed by atoms with van der Waals surface area (Å²) in [6.07, 6.45) is -0.651. The van der Waals surface area contributed by atoms with Gasteiger partial charge >= 0.3 is 0 Å². The first-order valence-corrected chi connectivity index (χ1v) is 13.2. The second kappa shape index (κ2) is 13.0. The van der Waals surface area contributed by atoms with Crippen LogP contribution in [0.15, 0.2) is 89.8 Å². The van der Waals surface area contributed by atoms with E-state index in [0.717, 1.165) is 16.9 Å². The van der Waals surface area contributed by atoms with Crippen molar-refractivity contribution in [2.45, 2.75) is 36.4 Å². The molecular formula is C27H32N2O5S. The number of ether oxygens (including phenoxy) is 1. The highest BCUT2D eigenvalue weighted by Gasteiger charge is 2.23. The number of sulfone groups is 1. The number of nitrogens with one attached hydrogen (secondary N) is 2. The van der Waals surface area contributed by atoms with Crippen LogP contribution in [0.25, 0.3) is 0 Å². The molecule has 0 spiro atoms. The van der Waals surface area contributed by atoms with Gasteiger partial charge in [-0.15, -0.1) is 0 Å².